The zero-order chi connectivity index (χ0) is 20.8. The number of para-hydroxylation sites is 1. The summed E-state index contributed by atoms with van der Waals surface area (Å²) in [5.74, 6) is -1.67. The van der Waals surface area contributed by atoms with Crippen molar-refractivity contribution in [3.05, 3.63) is 99.1 Å². The Balaban J connectivity index is 1.64. The second-order valence-corrected chi connectivity index (χ2v) is 8.23. The number of carbonyl (C=O) groups excluding carboxylic acids is 2. The van der Waals surface area contributed by atoms with Gasteiger partial charge in [-0.2, -0.15) is 0 Å². The Morgan fingerprint density at radius 2 is 1.83 bits per heavy atom. The lowest BCUT2D eigenvalue weighted by Crippen LogP contribution is -2.30. The third kappa shape index (κ3) is 2.93. The van der Waals surface area contributed by atoms with Crippen LogP contribution in [0.4, 0.5) is 5.69 Å². The van der Waals surface area contributed by atoms with E-state index in [0.717, 1.165) is 10.3 Å². The van der Waals surface area contributed by atoms with E-state index in [2.05, 4.69) is 0 Å². The second kappa shape index (κ2) is 7.16. The highest BCUT2D eigenvalue weighted by molar-refractivity contribution is 7.10. The SMILES string of the molecule is O=C(C1=C(O)C(=O)N(c2ccc(Cl)cc2)C1c1cccs1)c1cc2ccccc2o1. The van der Waals surface area contributed by atoms with Gasteiger partial charge in [-0.05, 0) is 47.8 Å². The number of anilines is 1. The lowest BCUT2D eigenvalue weighted by atomic mass is 10.00. The van der Waals surface area contributed by atoms with Crippen molar-refractivity contribution in [1.82, 2.24) is 0 Å². The average molecular weight is 436 g/mol. The Kier molecular flexibility index (Phi) is 4.46. The van der Waals surface area contributed by atoms with Gasteiger partial charge in [-0.25, -0.2) is 0 Å². The fourth-order valence-electron chi connectivity index (χ4n) is 3.65. The number of nitrogens with zero attached hydrogens (tertiary/aromatic N) is 1. The normalized spacial score (nSPS) is 16.6. The van der Waals surface area contributed by atoms with Crippen molar-refractivity contribution in [1.29, 1.82) is 0 Å². The van der Waals surface area contributed by atoms with Gasteiger partial charge in [0.25, 0.3) is 5.91 Å². The molecule has 0 saturated heterocycles. The smallest absolute Gasteiger partial charge is 0.294 e. The highest BCUT2D eigenvalue weighted by Gasteiger charge is 2.45. The van der Waals surface area contributed by atoms with Crippen LogP contribution >= 0.6 is 22.9 Å². The van der Waals surface area contributed by atoms with Crippen molar-refractivity contribution in [2.45, 2.75) is 6.04 Å². The van der Waals surface area contributed by atoms with Crippen molar-refractivity contribution in [2.75, 3.05) is 4.90 Å². The van der Waals surface area contributed by atoms with Gasteiger partial charge in [-0.3, -0.25) is 14.5 Å². The molecule has 1 unspecified atom stereocenters. The first-order valence-electron chi connectivity index (χ1n) is 9.13. The predicted octanol–water partition coefficient (Wildman–Crippen LogP) is 5.93. The number of aliphatic hydroxyl groups excluding tert-OH is 1. The maximum atomic E-state index is 13.4. The fraction of sp³-hybridized carbons (Fsp3) is 0.0435. The van der Waals surface area contributed by atoms with Crippen molar-refractivity contribution in [2.24, 2.45) is 0 Å². The Hall–Kier alpha value is -3.35. The summed E-state index contributed by atoms with van der Waals surface area (Å²) in [7, 11) is 0. The number of fused-ring (bicyclic) bond motifs is 1. The molecule has 1 amide bonds. The minimum Gasteiger partial charge on any atom is -0.503 e. The molecule has 1 N–H and O–H groups in total. The standard InChI is InChI=1S/C23H14ClNO4S/c24-14-7-9-15(10-8-14)25-20(18-6-3-11-30-18)19(22(27)23(25)28)21(26)17-12-13-4-1-2-5-16(13)29-17/h1-12,20,27H. The van der Waals surface area contributed by atoms with Crippen molar-refractivity contribution < 1.29 is 19.1 Å². The van der Waals surface area contributed by atoms with Gasteiger partial charge in [0.15, 0.2) is 11.5 Å². The van der Waals surface area contributed by atoms with Crippen LogP contribution in [0.25, 0.3) is 11.0 Å². The molecule has 0 spiro atoms. The molecule has 2 aromatic carbocycles. The van der Waals surface area contributed by atoms with Crippen LogP contribution in [-0.4, -0.2) is 16.8 Å². The minimum atomic E-state index is -0.764. The molecule has 148 valence electrons. The monoisotopic (exact) mass is 435 g/mol. The summed E-state index contributed by atoms with van der Waals surface area (Å²) in [5, 5.41) is 13.9. The van der Waals surface area contributed by atoms with Crippen molar-refractivity contribution >= 4 is 51.3 Å². The molecule has 4 aromatic rings. The highest BCUT2D eigenvalue weighted by atomic mass is 35.5. The Morgan fingerprint density at radius 3 is 2.53 bits per heavy atom. The van der Waals surface area contributed by atoms with Gasteiger partial charge in [0.1, 0.15) is 11.6 Å². The number of aliphatic hydroxyl groups is 1. The molecule has 7 heteroatoms. The molecule has 3 heterocycles. The van der Waals surface area contributed by atoms with Crippen molar-refractivity contribution in [3.63, 3.8) is 0 Å². The van der Waals surface area contributed by atoms with Crippen LogP contribution in [0.15, 0.2) is 87.9 Å². The number of Topliss-reactive ketones (excluding diaryl/α,β-unsaturated/α-hetero) is 1. The number of hydrogen-bond donors (Lipinski definition) is 1. The number of carbonyl (C=O) groups is 2. The van der Waals surface area contributed by atoms with E-state index in [1.807, 2.05) is 35.7 Å². The first kappa shape index (κ1) is 18.7. The van der Waals surface area contributed by atoms with Gasteiger partial charge in [-0.15, -0.1) is 11.3 Å². The third-order valence-electron chi connectivity index (χ3n) is 5.02. The number of thiophene rings is 1. The third-order valence-corrected chi connectivity index (χ3v) is 6.20. The zero-order valence-electron chi connectivity index (χ0n) is 15.4. The molecule has 2 aromatic heterocycles. The van der Waals surface area contributed by atoms with E-state index >= 15 is 0 Å². The van der Waals surface area contributed by atoms with E-state index in [4.69, 9.17) is 16.0 Å². The summed E-state index contributed by atoms with van der Waals surface area (Å²) in [6, 6.07) is 18.5. The Bertz CT molecular complexity index is 1270. The van der Waals surface area contributed by atoms with E-state index in [0.29, 0.717) is 16.3 Å². The van der Waals surface area contributed by atoms with E-state index < -0.39 is 23.5 Å². The maximum Gasteiger partial charge on any atom is 0.294 e. The van der Waals surface area contributed by atoms with Gasteiger partial charge in [0.05, 0.1) is 5.57 Å². The highest BCUT2D eigenvalue weighted by Crippen LogP contribution is 2.43. The molecule has 0 saturated carbocycles. The second-order valence-electron chi connectivity index (χ2n) is 6.81. The predicted molar refractivity (Wildman–Crippen MR) is 116 cm³/mol. The number of benzene rings is 2. The van der Waals surface area contributed by atoms with Crippen LogP contribution in [0.2, 0.25) is 5.02 Å². The summed E-state index contributed by atoms with van der Waals surface area (Å²) in [6.07, 6.45) is 0. The van der Waals surface area contributed by atoms with Gasteiger partial charge in [-0.1, -0.05) is 35.9 Å². The van der Waals surface area contributed by atoms with E-state index in [1.165, 1.54) is 16.2 Å². The Morgan fingerprint density at radius 1 is 1.07 bits per heavy atom. The molecular formula is C23H14ClNO4S. The van der Waals surface area contributed by atoms with Crippen molar-refractivity contribution in [3.8, 4) is 0 Å². The zero-order valence-corrected chi connectivity index (χ0v) is 17.0. The first-order chi connectivity index (χ1) is 14.5. The largest absolute Gasteiger partial charge is 0.503 e. The van der Waals surface area contributed by atoms with E-state index in [1.54, 1.807) is 36.4 Å². The topological polar surface area (TPSA) is 70.8 Å². The number of ketones is 1. The minimum absolute atomic E-state index is 0.00328. The van der Waals surface area contributed by atoms with Crippen LogP contribution in [0.3, 0.4) is 0 Å². The maximum absolute atomic E-state index is 13.4. The first-order valence-corrected chi connectivity index (χ1v) is 10.4. The molecular weight excluding hydrogens is 422 g/mol. The van der Waals surface area contributed by atoms with Gasteiger partial charge >= 0.3 is 0 Å². The molecule has 0 bridgehead atoms. The van der Waals surface area contributed by atoms with Crippen LogP contribution in [0.1, 0.15) is 21.5 Å². The molecule has 1 atom stereocenters. The van der Waals surface area contributed by atoms with Crippen LogP contribution in [0, 0.1) is 0 Å². The number of furan rings is 1. The molecule has 5 rings (SSSR count). The molecule has 1 aliphatic rings. The molecule has 1 aliphatic heterocycles. The lowest BCUT2D eigenvalue weighted by Gasteiger charge is -2.25. The number of amides is 1. The lowest BCUT2D eigenvalue weighted by molar-refractivity contribution is -0.117. The molecule has 0 aliphatic carbocycles. The quantitative estimate of drug-likeness (QED) is 0.403. The van der Waals surface area contributed by atoms with Crippen LogP contribution < -0.4 is 4.90 Å². The summed E-state index contributed by atoms with van der Waals surface area (Å²) < 4.78 is 5.71. The molecule has 0 radical (unpaired) electrons. The fourth-order valence-corrected chi connectivity index (χ4v) is 4.60. The van der Waals surface area contributed by atoms with Crippen LogP contribution in [-0.2, 0) is 4.79 Å². The molecule has 30 heavy (non-hydrogen) atoms. The molecule has 0 fully saturated rings. The van der Waals surface area contributed by atoms with Gasteiger partial charge in [0, 0.05) is 21.0 Å². The summed E-state index contributed by atoms with van der Waals surface area (Å²) >= 11 is 7.39. The van der Waals surface area contributed by atoms with Gasteiger partial charge < -0.3 is 9.52 Å². The summed E-state index contributed by atoms with van der Waals surface area (Å²) in [5.41, 5.74) is 1.09. The number of halogens is 1. The average Bonchev–Trinajstić information content (AvgIpc) is 3.47. The van der Waals surface area contributed by atoms with E-state index in [9.17, 15) is 14.7 Å². The number of hydrogen-bond acceptors (Lipinski definition) is 5. The van der Waals surface area contributed by atoms with Gasteiger partial charge in [0.2, 0.25) is 5.78 Å². The summed E-state index contributed by atoms with van der Waals surface area (Å²) in [6.45, 7) is 0. The number of rotatable bonds is 4. The Labute approximate surface area is 180 Å². The summed E-state index contributed by atoms with van der Waals surface area (Å²) in [4.78, 5) is 28.6. The van der Waals surface area contributed by atoms with E-state index in [-0.39, 0.29) is 11.3 Å². The molecule has 5 nitrogen and oxygen atoms in total. The van der Waals surface area contributed by atoms with Crippen LogP contribution in [0.5, 0.6) is 0 Å².